The van der Waals surface area contributed by atoms with Gasteiger partial charge in [-0.1, -0.05) is 6.07 Å². The smallest absolute Gasteiger partial charge is 0.325 e. The van der Waals surface area contributed by atoms with Gasteiger partial charge in [0.2, 0.25) is 17.7 Å². The summed E-state index contributed by atoms with van der Waals surface area (Å²) in [5, 5.41) is 84.0. The second-order valence-corrected chi connectivity index (χ2v) is 15.0. The van der Waals surface area contributed by atoms with Crippen LogP contribution in [0.3, 0.4) is 0 Å². The van der Waals surface area contributed by atoms with Crippen molar-refractivity contribution < 1.29 is 74.3 Å². The Hall–Kier alpha value is -3.94. The van der Waals surface area contributed by atoms with Crippen LogP contribution in [0.1, 0.15) is 56.1 Å². The number of aromatic nitrogens is 1. The number of likely N-dealkylation sites (N-methyl/N-ethyl adjacent to an activating group) is 1. The van der Waals surface area contributed by atoms with E-state index in [1.54, 1.807) is 35.0 Å². The Labute approximate surface area is 342 Å². The summed E-state index contributed by atoms with van der Waals surface area (Å²) in [6.07, 6.45) is -1.24. The fourth-order valence-electron chi connectivity index (χ4n) is 6.61. The van der Waals surface area contributed by atoms with Crippen LogP contribution in [-0.2, 0) is 40.0 Å². The first kappa shape index (κ1) is 49.4. The Morgan fingerprint density at radius 1 is 0.780 bits per heavy atom. The van der Waals surface area contributed by atoms with Crippen molar-refractivity contribution in [1.82, 2.24) is 35.6 Å². The van der Waals surface area contributed by atoms with E-state index in [4.69, 9.17) is 14.5 Å². The Bertz CT molecular complexity index is 1500. The molecule has 334 valence electrons. The van der Waals surface area contributed by atoms with E-state index in [2.05, 4.69) is 16.0 Å². The fourth-order valence-corrected chi connectivity index (χ4v) is 6.61. The van der Waals surface area contributed by atoms with Gasteiger partial charge in [-0.25, -0.2) is 4.90 Å². The van der Waals surface area contributed by atoms with E-state index in [0.717, 1.165) is 0 Å². The third-order valence-corrected chi connectivity index (χ3v) is 10.4. The number of nitrogens with one attached hydrogen (secondary N) is 3. The molecular weight excluding hydrogens is 782 g/mol. The standard InChI is InChI=1S/C37H61N7O15/c1-42-16-25-4-2-5-27(38-25)33-44(29(35(57)59-33)8-10-32(55)41-37(22-50,23-51)24-52)13-12-43(11-3-6-31(54)40-36(19-47,20-48)21-49)14-15-58-34(56)28(42)7-9-30(53)39-26(17-45)18-46/h2,4-5,26,28-29,33,45-52H,3,6-24H2,1H3,(H,39,53)(H,40,54)(H,41,55). The summed E-state index contributed by atoms with van der Waals surface area (Å²) < 4.78 is 11.6. The first-order chi connectivity index (χ1) is 28.2. The number of fused-ring (bicyclic) bond motifs is 4. The number of carbonyl (C=O) groups is 5. The number of esters is 2. The molecule has 0 radical (unpaired) electrons. The van der Waals surface area contributed by atoms with Gasteiger partial charge in [-0.3, -0.25) is 38.8 Å². The molecule has 1 saturated heterocycles. The number of rotatable bonds is 21. The number of hydrogen-bond donors (Lipinski definition) is 11. The Kier molecular flexibility index (Phi) is 20.4. The van der Waals surface area contributed by atoms with E-state index in [9.17, 15) is 64.8 Å². The van der Waals surface area contributed by atoms with Crippen LogP contribution >= 0.6 is 0 Å². The van der Waals surface area contributed by atoms with Crippen molar-refractivity contribution >= 4 is 29.7 Å². The third-order valence-electron chi connectivity index (χ3n) is 10.4. The quantitative estimate of drug-likeness (QED) is 0.0514. The molecule has 0 saturated carbocycles. The maximum absolute atomic E-state index is 13.6. The highest BCUT2D eigenvalue weighted by atomic mass is 16.6. The minimum atomic E-state index is -1.67. The van der Waals surface area contributed by atoms with E-state index in [1.807, 2.05) is 4.90 Å². The number of hydrogen-bond acceptors (Lipinski definition) is 19. The molecule has 22 nitrogen and oxygen atoms in total. The highest BCUT2D eigenvalue weighted by molar-refractivity contribution is 5.81. The number of amides is 3. The SMILES string of the molecule is CN1Cc2cccc(n2)C2OC(=O)C(CCC(=O)NC(CO)(CO)CO)N2CCN(CCCC(=O)NC(CO)(CO)CO)CCOC(=O)C1CCC(=O)NC(CO)CO. The van der Waals surface area contributed by atoms with Gasteiger partial charge in [0.05, 0.1) is 70.3 Å². The summed E-state index contributed by atoms with van der Waals surface area (Å²) >= 11 is 0. The lowest BCUT2D eigenvalue weighted by Crippen LogP contribution is -2.57. The molecule has 2 bridgehead atoms. The summed E-state index contributed by atoms with van der Waals surface area (Å²) in [4.78, 5) is 75.4. The Balaban J connectivity index is 1.91. The number of nitrogens with zero attached hydrogens (tertiary/aromatic N) is 4. The molecular formula is C37H61N7O15. The molecule has 2 aliphatic rings. The van der Waals surface area contributed by atoms with Crippen molar-refractivity contribution in [1.29, 1.82) is 0 Å². The second kappa shape index (κ2) is 24.3. The largest absolute Gasteiger partial charge is 0.463 e. The van der Waals surface area contributed by atoms with Gasteiger partial charge in [0.1, 0.15) is 29.8 Å². The highest BCUT2D eigenvalue weighted by Gasteiger charge is 2.44. The number of pyridine rings is 1. The molecule has 3 atom stereocenters. The zero-order valence-electron chi connectivity index (χ0n) is 33.4. The third kappa shape index (κ3) is 14.3. The van der Waals surface area contributed by atoms with E-state index in [0.29, 0.717) is 11.4 Å². The molecule has 3 unspecified atom stereocenters. The number of aliphatic hydroxyl groups is 8. The lowest BCUT2D eigenvalue weighted by atomic mass is 10.0. The van der Waals surface area contributed by atoms with Gasteiger partial charge in [0, 0.05) is 45.4 Å². The summed E-state index contributed by atoms with van der Waals surface area (Å²) in [5.41, 5.74) is -2.43. The molecule has 11 N–H and O–H groups in total. The second-order valence-electron chi connectivity index (χ2n) is 15.0. The predicted molar refractivity (Wildman–Crippen MR) is 204 cm³/mol. The topological polar surface area (TPSA) is 324 Å². The maximum atomic E-state index is 13.6. The first-order valence-corrected chi connectivity index (χ1v) is 19.6. The van der Waals surface area contributed by atoms with Crippen LogP contribution < -0.4 is 16.0 Å². The molecule has 3 amide bonds. The van der Waals surface area contributed by atoms with Crippen molar-refractivity contribution in [3.63, 3.8) is 0 Å². The number of carbonyl (C=O) groups excluding carboxylic acids is 5. The summed E-state index contributed by atoms with van der Waals surface area (Å²) in [5.74, 6) is -2.93. The molecule has 59 heavy (non-hydrogen) atoms. The van der Waals surface area contributed by atoms with Crippen molar-refractivity contribution in [3.05, 3.63) is 29.6 Å². The van der Waals surface area contributed by atoms with Gasteiger partial charge in [0.15, 0.2) is 6.23 Å². The lowest BCUT2D eigenvalue weighted by Gasteiger charge is -2.31. The van der Waals surface area contributed by atoms with Gasteiger partial charge in [0.25, 0.3) is 0 Å². The normalized spacial score (nSPS) is 20.3. The molecule has 1 aromatic heterocycles. The Morgan fingerprint density at radius 3 is 1.95 bits per heavy atom. The zero-order valence-corrected chi connectivity index (χ0v) is 33.4. The first-order valence-electron chi connectivity index (χ1n) is 19.6. The summed E-state index contributed by atoms with van der Waals surface area (Å²) in [6, 6.07) is 2.32. The minimum absolute atomic E-state index is 0.0135. The highest BCUT2D eigenvalue weighted by Crippen LogP contribution is 2.33. The molecule has 0 aromatic carbocycles. The molecule has 0 spiro atoms. The Morgan fingerprint density at radius 2 is 1.36 bits per heavy atom. The van der Waals surface area contributed by atoms with E-state index in [-0.39, 0.29) is 77.9 Å². The zero-order chi connectivity index (χ0) is 43.6. The monoisotopic (exact) mass is 843 g/mol. The van der Waals surface area contributed by atoms with Crippen LogP contribution in [0.5, 0.6) is 0 Å². The average molecular weight is 844 g/mol. The van der Waals surface area contributed by atoms with Crippen molar-refractivity contribution in [3.8, 4) is 0 Å². The van der Waals surface area contributed by atoms with Crippen LogP contribution in [0, 0.1) is 0 Å². The van der Waals surface area contributed by atoms with Gasteiger partial charge in [-0.15, -0.1) is 0 Å². The van der Waals surface area contributed by atoms with Crippen LogP contribution in [-0.4, -0.2) is 212 Å². The molecule has 22 heteroatoms. The molecule has 1 fully saturated rings. The maximum Gasteiger partial charge on any atom is 0.325 e. The van der Waals surface area contributed by atoms with E-state index >= 15 is 0 Å². The molecule has 1 aromatic rings. The van der Waals surface area contributed by atoms with Crippen LogP contribution in [0.25, 0.3) is 0 Å². The summed E-state index contributed by atoms with van der Waals surface area (Å²) in [7, 11) is 1.65. The van der Waals surface area contributed by atoms with Crippen molar-refractivity contribution in [2.75, 3.05) is 92.7 Å². The predicted octanol–water partition coefficient (Wildman–Crippen LogP) is -5.56. The number of cyclic esters (lactones) is 1. The van der Waals surface area contributed by atoms with Crippen LogP contribution in [0.2, 0.25) is 0 Å². The van der Waals surface area contributed by atoms with Gasteiger partial charge in [-0.05, 0) is 45.0 Å². The fraction of sp³-hybridized carbons (Fsp3) is 0.730. The molecule has 2 aliphatic heterocycles. The number of ether oxygens (including phenoxy) is 2. The van der Waals surface area contributed by atoms with Crippen molar-refractivity contribution in [2.24, 2.45) is 0 Å². The molecule has 3 rings (SSSR count). The average Bonchev–Trinajstić information content (AvgIpc) is 3.55. The van der Waals surface area contributed by atoms with Gasteiger partial charge < -0.3 is 66.3 Å². The van der Waals surface area contributed by atoms with Crippen molar-refractivity contribution in [2.45, 2.75) is 80.5 Å². The lowest BCUT2D eigenvalue weighted by molar-refractivity contribution is -0.150. The molecule has 0 aliphatic carbocycles. The van der Waals surface area contributed by atoms with E-state index < -0.39 is 118 Å². The van der Waals surface area contributed by atoms with Crippen LogP contribution in [0.15, 0.2) is 18.2 Å². The minimum Gasteiger partial charge on any atom is -0.463 e. The number of aliphatic hydroxyl groups excluding tert-OH is 8. The van der Waals surface area contributed by atoms with Gasteiger partial charge in [-0.2, -0.15) is 0 Å². The molecule has 3 heterocycles. The van der Waals surface area contributed by atoms with E-state index in [1.165, 1.54) is 0 Å². The van der Waals surface area contributed by atoms with Crippen LogP contribution in [0.4, 0.5) is 0 Å². The summed E-state index contributed by atoms with van der Waals surface area (Å²) in [6.45, 7) is -4.43. The van der Waals surface area contributed by atoms with Gasteiger partial charge >= 0.3 is 11.9 Å².